The van der Waals surface area contributed by atoms with E-state index in [-0.39, 0.29) is 28.8 Å². The standard InChI is InChI=1S/C16H23FN2OS2.CH4O3S/c17-13-9-10(5-6-14(13)22-8-7-18)15(21)11-3-1-2-4-12(11)16(19)20;1-5(2,3)4/h5-6,9,11-12,15,21H,1-4,7-8,18H2,(H2,19,20);1H3,(H,2,3,4). The van der Waals surface area contributed by atoms with Gasteiger partial charge in [0, 0.05) is 28.4 Å². The molecule has 1 aliphatic carbocycles. The summed E-state index contributed by atoms with van der Waals surface area (Å²) in [7, 11) is -3.67. The Hall–Kier alpha value is -0.810. The van der Waals surface area contributed by atoms with Gasteiger partial charge in [-0.1, -0.05) is 18.9 Å². The van der Waals surface area contributed by atoms with Crippen LogP contribution in [0.5, 0.6) is 0 Å². The fourth-order valence-electron chi connectivity index (χ4n) is 3.12. The number of carbonyl (C=O) groups is 1. The van der Waals surface area contributed by atoms with Crippen LogP contribution < -0.4 is 11.5 Å². The van der Waals surface area contributed by atoms with Crippen LogP contribution in [-0.4, -0.2) is 37.4 Å². The lowest BCUT2D eigenvalue weighted by Gasteiger charge is -2.33. The summed E-state index contributed by atoms with van der Waals surface area (Å²) in [5.74, 6) is 0.0929. The van der Waals surface area contributed by atoms with Crippen molar-refractivity contribution in [1.82, 2.24) is 0 Å². The minimum absolute atomic E-state index is 0.0801. The average Bonchev–Trinajstić information content (AvgIpc) is 2.58. The van der Waals surface area contributed by atoms with E-state index in [0.717, 1.165) is 31.2 Å². The number of hydrogen-bond acceptors (Lipinski definition) is 6. The molecule has 1 aromatic rings. The highest BCUT2D eigenvalue weighted by molar-refractivity contribution is 7.99. The maximum Gasteiger partial charge on any atom is 0.261 e. The van der Waals surface area contributed by atoms with E-state index in [1.165, 1.54) is 17.8 Å². The molecule has 10 heteroatoms. The van der Waals surface area contributed by atoms with Gasteiger partial charge in [-0.25, -0.2) is 4.39 Å². The van der Waals surface area contributed by atoms with Crippen molar-refractivity contribution in [3.05, 3.63) is 29.6 Å². The molecule has 27 heavy (non-hydrogen) atoms. The van der Waals surface area contributed by atoms with Crippen LogP contribution in [0.1, 0.15) is 36.5 Å². The minimum Gasteiger partial charge on any atom is -0.369 e. The Bertz CT molecular complexity index is 723. The molecule has 154 valence electrons. The average molecular weight is 439 g/mol. The van der Waals surface area contributed by atoms with E-state index in [1.807, 2.05) is 6.07 Å². The molecule has 1 fully saturated rings. The molecule has 1 aliphatic rings. The molecule has 1 amide bonds. The van der Waals surface area contributed by atoms with Crippen LogP contribution in [0.4, 0.5) is 4.39 Å². The molecule has 3 atom stereocenters. The molecule has 1 aromatic carbocycles. The van der Waals surface area contributed by atoms with Crippen LogP contribution in [0.3, 0.4) is 0 Å². The van der Waals surface area contributed by atoms with Gasteiger partial charge in [0.05, 0.1) is 6.26 Å². The Balaban J connectivity index is 0.000000646. The van der Waals surface area contributed by atoms with Gasteiger partial charge in [0.1, 0.15) is 5.82 Å². The normalized spacial score (nSPS) is 21.1. The Kier molecular flexibility index (Phi) is 10.1. The Morgan fingerprint density at radius 3 is 2.52 bits per heavy atom. The summed E-state index contributed by atoms with van der Waals surface area (Å²) in [6.07, 6.45) is 4.52. The number of benzene rings is 1. The number of thiol groups is 1. The molecule has 0 radical (unpaired) electrons. The zero-order valence-corrected chi connectivity index (χ0v) is 17.7. The molecule has 6 nitrogen and oxygen atoms in total. The Morgan fingerprint density at radius 1 is 1.41 bits per heavy atom. The summed E-state index contributed by atoms with van der Waals surface area (Å²) in [6, 6.07) is 5.20. The smallest absolute Gasteiger partial charge is 0.261 e. The predicted molar refractivity (Wildman–Crippen MR) is 110 cm³/mol. The zero-order chi connectivity index (χ0) is 20.6. The highest BCUT2D eigenvalue weighted by Gasteiger charge is 2.34. The molecule has 0 spiro atoms. The van der Waals surface area contributed by atoms with Crippen molar-refractivity contribution in [3.8, 4) is 0 Å². The lowest BCUT2D eigenvalue weighted by atomic mass is 9.75. The summed E-state index contributed by atoms with van der Waals surface area (Å²) in [4.78, 5) is 12.2. The maximum absolute atomic E-state index is 14.2. The maximum atomic E-state index is 14.2. The molecule has 3 unspecified atom stereocenters. The van der Waals surface area contributed by atoms with Crippen LogP contribution in [0.15, 0.2) is 23.1 Å². The van der Waals surface area contributed by atoms with Crippen molar-refractivity contribution < 1.29 is 22.2 Å². The Labute approximate surface area is 169 Å². The van der Waals surface area contributed by atoms with E-state index >= 15 is 0 Å². The summed E-state index contributed by atoms with van der Waals surface area (Å²) in [5, 5.41) is -0.166. The summed E-state index contributed by atoms with van der Waals surface area (Å²) in [5.41, 5.74) is 11.8. The van der Waals surface area contributed by atoms with Crippen molar-refractivity contribution in [1.29, 1.82) is 0 Å². The van der Waals surface area contributed by atoms with Crippen molar-refractivity contribution >= 4 is 40.4 Å². The van der Waals surface area contributed by atoms with Crippen LogP contribution in [0.25, 0.3) is 0 Å². The van der Waals surface area contributed by atoms with Crippen molar-refractivity contribution in [2.75, 3.05) is 18.6 Å². The van der Waals surface area contributed by atoms with Crippen molar-refractivity contribution in [2.45, 2.75) is 35.8 Å². The van der Waals surface area contributed by atoms with E-state index in [1.54, 1.807) is 6.07 Å². The quantitative estimate of drug-likeness (QED) is 0.308. The van der Waals surface area contributed by atoms with E-state index in [4.69, 9.17) is 16.0 Å². The first-order chi connectivity index (χ1) is 12.5. The van der Waals surface area contributed by atoms with Crippen molar-refractivity contribution in [2.24, 2.45) is 23.3 Å². The minimum atomic E-state index is -3.67. The number of thioether (sulfide) groups is 1. The van der Waals surface area contributed by atoms with Crippen LogP contribution in [0, 0.1) is 17.7 Å². The number of carbonyl (C=O) groups excluding carboxylic acids is 1. The number of rotatable bonds is 6. The van der Waals surface area contributed by atoms with Gasteiger partial charge in [0.2, 0.25) is 5.91 Å². The van der Waals surface area contributed by atoms with Gasteiger partial charge < -0.3 is 11.5 Å². The largest absolute Gasteiger partial charge is 0.369 e. The highest BCUT2D eigenvalue weighted by atomic mass is 32.2. The van der Waals surface area contributed by atoms with Gasteiger partial charge in [-0.3, -0.25) is 9.35 Å². The third-order valence-corrected chi connectivity index (χ3v) is 6.03. The molecule has 2 rings (SSSR count). The second-order valence-electron chi connectivity index (χ2n) is 6.46. The van der Waals surface area contributed by atoms with Gasteiger partial charge >= 0.3 is 0 Å². The molecule has 0 heterocycles. The molecule has 1 saturated carbocycles. The molecule has 0 aromatic heterocycles. The predicted octanol–water partition coefficient (Wildman–Crippen LogP) is 2.64. The van der Waals surface area contributed by atoms with Gasteiger partial charge in [-0.15, -0.1) is 11.8 Å². The van der Waals surface area contributed by atoms with Crippen LogP contribution in [0.2, 0.25) is 0 Å². The monoisotopic (exact) mass is 438 g/mol. The van der Waals surface area contributed by atoms with Gasteiger partial charge in [0.15, 0.2) is 0 Å². The molecule has 5 N–H and O–H groups in total. The third kappa shape index (κ3) is 8.82. The molecular weight excluding hydrogens is 411 g/mol. The van der Waals surface area contributed by atoms with Crippen molar-refractivity contribution in [3.63, 3.8) is 0 Å². The lowest BCUT2D eigenvalue weighted by molar-refractivity contribution is -0.124. The number of hydrogen-bond donors (Lipinski definition) is 4. The van der Waals surface area contributed by atoms with E-state index in [0.29, 0.717) is 23.4 Å². The first-order valence-electron chi connectivity index (χ1n) is 8.56. The molecule has 0 aliphatic heterocycles. The summed E-state index contributed by atoms with van der Waals surface area (Å²) < 4.78 is 40.0. The molecular formula is C17H27FN2O4S3. The second kappa shape index (κ2) is 11.3. The van der Waals surface area contributed by atoms with E-state index < -0.39 is 10.1 Å². The fraction of sp³-hybridized carbons (Fsp3) is 0.588. The Morgan fingerprint density at radius 2 is 2.00 bits per heavy atom. The number of nitrogens with two attached hydrogens (primary N) is 2. The van der Waals surface area contributed by atoms with Gasteiger partial charge in [0.25, 0.3) is 10.1 Å². The van der Waals surface area contributed by atoms with Gasteiger partial charge in [-0.2, -0.15) is 21.0 Å². The lowest BCUT2D eigenvalue weighted by Crippen LogP contribution is -2.34. The number of halogens is 1. The molecule has 0 bridgehead atoms. The molecule has 0 saturated heterocycles. The van der Waals surface area contributed by atoms with E-state index in [2.05, 4.69) is 12.6 Å². The second-order valence-corrected chi connectivity index (χ2v) is 9.62. The SMILES string of the molecule is CS(=O)(=O)O.NCCSc1ccc(C(S)C2CCCCC2C(N)=O)cc1F. The zero-order valence-electron chi connectivity index (χ0n) is 15.2. The van der Waals surface area contributed by atoms with Crippen LogP contribution in [-0.2, 0) is 14.9 Å². The summed E-state index contributed by atoms with van der Waals surface area (Å²) >= 11 is 6.08. The topological polar surface area (TPSA) is 123 Å². The highest BCUT2D eigenvalue weighted by Crippen LogP contribution is 2.42. The first kappa shape index (κ1) is 24.2. The number of amides is 1. The van der Waals surface area contributed by atoms with E-state index in [9.17, 15) is 17.6 Å². The first-order valence-corrected chi connectivity index (χ1v) is 11.9. The number of primary amides is 1. The van der Waals surface area contributed by atoms with Crippen LogP contribution >= 0.6 is 24.4 Å². The van der Waals surface area contributed by atoms with Gasteiger partial charge in [-0.05, 0) is 36.5 Å². The third-order valence-electron chi connectivity index (χ3n) is 4.26. The summed E-state index contributed by atoms with van der Waals surface area (Å²) in [6.45, 7) is 0.517. The fourth-order valence-corrected chi connectivity index (χ4v) is 4.34.